The summed E-state index contributed by atoms with van der Waals surface area (Å²) in [6, 6.07) is 21.7. The largest absolute Gasteiger partial charge is 0.454 e. The van der Waals surface area contributed by atoms with Crippen molar-refractivity contribution < 1.29 is 4.42 Å². The van der Waals surface area contributed by atoms with Crippen LogP contribution in [0.25, 0.3) is 54.4 Å². The van der Waals surface area contributed by atoms with E-state index in [0.29, 0.717) is 0 Å². The summed E-state index contributed by atoms with van der Waals surface area (Å²) in [7, 11) is 0. The first kappa shape index (κ1) is 21.1. The number of benzene rings is 3. The van der Waals surface area contributed by atoms with E-state index in [1.165, 1.54) is 37.9 Å². The number of para-hydroxylation sites is 1. The monoisotopic (exact) mass is 461 g/mol. The quantitative estimate of drug-likeness (QED) is 0.257. The van der Waals surface area contributed by atoms with Gasteiger partial charge in [0.2, 0.25) is 0 Å². The number of aryl methyl sites for hydroxylation is 2. The second kappa shape index (κ2) is 7.54. The molecule has 0 aliphatic carbocycles. The van der Waals surface area contributed by atoms with Crippen molar-refractivity contribution in [3.63, 3.8) is 0 Å². The Bertz CT molecular complexity index is 1690. The van der Waals surface area contributed by atoms with E-state index in [0.717, 1.165) is 33.2 Å². The van der Waals surface area contributed by atoms with Crippen LogP contribution in [0.3, 0.4) is 0 Å². The molecule has 6 rings (SSSR count). The minimum atomic E-state index is -0.0221. The fourth-order valence-electron chi connectivity index (χ4n) is 5.13. The molecule has 0 saturated heterocycles. The molecule has 0 aliphatic heterocycles. The van der Waals surface area contributed by atoms with Crippen molar-refractivity contribution in [2.75, 3.05) is 0 Å². The number of hydrogen-bond donors (Lipinski definition) is 0. The van der Waals surface area contributed by atoms with Crippen LogP contribution in [0.4, 0.5) is 0 Å². The number of aromatic nitrogens is 1. The highest BCUT2D eigenvalue weighted by atomic mass is 32.1. The molecule has 6 aromatic rings. The minimum Gasteiger partial charge on any atom is -0.454 e. The van der Waals surface area contributed by atoms with Gasteiger partial charge >= 0.3 is 0 Å². The van der Waals surface area contributed by atoms with Gasteiger partial charge in [0.15, 0.2) is 5.58 Å². The molecule has 0 amide bonds. The van der Waals surface area contributed by atoms with Crippen LogP contribution in [-0.2, 0) is 5.41 Å². The standard InChI is InChI=1S/C31H27NOS/c1-18-8-6-9-19(2)27(18)24-16-26(32-17-25(24)31(3,4)5)23-11-7-10-21-22-13-12-20-14-15-34-30(20)29(22)33-28(21)23/h6-17H,1-5H3. The Balaban J connectivity index is 1.65. The van der Waals surface area contributed by atoms with Crippen LogP contribution in [0.15, 0.2) is 76.7 Å². The summed E-state index contributed by atoms with van der Waals surface area (Å²) < 4.78 is 7.77. The summed E-state index contributed by atoms with van der Waals surface area (Å²) in [5.74, 6) is 0. The molecular formula is C31H27NOS. The van der Waals surface area contributed by atoms with Crippen LogP contribution >= 0.6 is 11.3 Å². The maximum atomic E-state index is 6.57. The van der Waals surface area contributed by atoms with Gasteiger partial charge in [-0.2, -0.15) is 0 Å². The molecule has 0 fully saturated rings. The van der Waals surface area contributed by atoms with E-state index in [-0.39, 0.29) is 5.41 Å². The van der Waals surface area contributed by atoms with Gasteiger partial charge in [0.25, 0.3) is 0 Å². The normalized spacial score (nSPS) is 12.3. The van der Waals surface area contributed by atoms with Crippen molar-refractivity contribution in [3.8, 4) is 22.4 Å². The molecule has 0 atom stereocenters. The number of nitrogens with zero attached hydrogens (tertiary/aromatic N) is 1. The summed E-state index contributed by atoms with van der Waals surface area (Å²) in [5, 5.41) is 5.65. The Hall–Kier alpha value is -3.43. The predicted molar refractivity (Wildman–Crippen MR) is 146 cm³/mol. The Labute approximate surface area is 203 Å². The van der Waals surface area contributed by atoms with Crippen LogP contribution in [0.5, 0.6) is 0 Å². The molecule has 3 aromatic heterocycles. The van der Waals surface area contributed by atoms with Gasteiger partial charge in [0, 0.05) is 22.5 Å². The van der Waals surface area contributed by atoms with E-state index in [2.05, 4.69) is 107 Å². The number of furan rings is 1. The van der Waals surface area contributed by atoms with Gasteiger partial charge in [0.05, 0.1) is 10.4 Å². The Morgan fingerprint density at radius 3 is 2.29 bits per heavy atom. The van der Waals surface area contributed by atoms with Crippen molar-refractivity contribution in [3.05, 3.63) is 88.9 Å². The molecule has 0 aliphatic rings. The number of pyridine rings is 1. The van der Waals surface area contributed by atoms with E-state index < -0.39 is 0 Å². The molecule has 168 valence electrons. The third kappa shape index (κ3) is 3.19. The lowest BCUT2D eigenvalue weighted by Crippen LogP contribution is -2.14. The second-order valence-electron chi connectivity index (χ2n) is 10.2. The molecule has 0 unspecified atom stereocenters. The van der Waals surface area contributed by atoms with E-state index in [4.69, 9.17) is 9.40 Å². The van der Waals surface area contributed by atoms with E-state index >= 15 is 0 Å². The maximum absolute atomic E-state index is 6.57. The molecule has 3 heterocycles. The lowest BCUT2D eigenvalue weighted by Gasteiger charge is -2.25. The van der Waals surface area contributed by atoms with Crippen LogP contribution < -0.4 is 0 Å². The van der Waals surface area contributed by atoms with Crippen molar-refractivity contribution >= 4 is 43.4 Å². The zero-order chi connectivity index (χ0) is 23.6. The Morgan fingerprint density at radius 2 is 1.53 bits per heavy atom. The number of hydrogen-bond acceptors (Lipinski definition) is 3. The molecule has 3 aromatic carbocycles. The van der Waals surface area contributed by atoms with Gasteiger partial charge in [-0.25, -0.2) is 0 Å². The number of rotatable bonds is 2. The Kier molecular flexibility index (Phi) is 4.69. The van der Waals surface area contributed by atoms with E-state index in [1.807, 2.05) is 0 Å². The number of fused-ring (bicyclic) bond motifs is 5. The van der Waals surface area contributed by atoms with Crippen molar-refractivity contribution in [1.29, 1.82) is 0 Å². The highest BCUT2D eigenvalue weighted by Gasteiger charge is 2.23. The summed E-state index contributed by atoms with van der Waals surface area (Å²) in [6.45, 7) is 11.2. The van der Waals surface area contributed by atoms with E-state index in [9.17, 15) is 0 Å². The molecule has 3 heteroatoms. The molecule has 0 bridgehead atoms. The van der Waals surface area contributed by atoms with Crippen LogP contribution in [0.2, 0.25) is 0 Å². The smallest absolute Gasteiger partial charge is 0.153 e. The van der Waals surface area contributed by atoms with Crippen molar-refractivity contribution in [2.24, 2.45) is 0 Å². The summed E-state index contributed by atoms with van der Waals surface area (Å²) in [4.78, 5) is 4.98. The van der Waals surface area contributed by atoms with Crippen LogP contribution in [-0.4, -0.2) is 4.98 Å². The lowest BCUT2D eigenvalue weighted by molar-refractivity contribution is 0.589. The summed E-state index contributed by atoms with van der Waals surface area (Å²) >= 11 is 1.73. The maximum Gasteiger partial charge on any atom is 0.153 e. The molecule has 0 spiro atoms. The molecule has 2 nitrogen and oxygen atoms in total. The van der Waals surface area contributed by atoms with Gasteiger partial charge in [-0.05, 0) is 82.1 Å². The molecule has 0 radical (unpaired) electrons. The Morgan fingerprint density at radius 1 is 0.794 bits per heavy atom. The first-order valence-electron chi connectivity index (χ1n) is 11.7. The third-order valence-corrected chi connectivity index (χ3v) is 7.75. The van der Waals surface area contributed by atoms with Crippen LogP contribution in [0, 0.1) is 13.8 Å². The van der Waals surface area contributed by atoms with E-state index in [1.54, 1.807) is 11.3 Å². The van der Waals surface area contributed by atoms with Crippen LogP contribution in [0.1, 0.15) is 37.5 Å². The van der Waals surface area contributed by atoms with Gasteiger partial charge in [-0.15, -0.1) is 11.3 Å². The number of thiophene rings is 1. The fourth-order valence-corrected chi connectivity index (χ4v) is 6.01. The summed E-state index contributed by atoms with van der Waals surface area (Å²) in [5.41, 5.74) is 10.2. The van der Waals surface area contributed by atoms with Gasteiger partial charge in [-0.3, -0.25) is 4.98 Å². The van der Waals surface area contributed by atoms with Gasteiger partial charge in [-0.1, -0.05) is 57.2 Å². The predicted octanol–water partition coefficient (Wildman–Crippen LogP) is 9.44. The topological polar surface area (TPSA) is 26.0 Å². The molecule has 34 heavy (non-hydrogen) atoms. The fraction of sp³-hybridized carbons (Fsp3) is 0.194. The first-order chi connectivity index (χ1) is 16.3. The average molecular weight is 462 g/mol. The van der Waals surface area contributed by atoms with Gasteiger partial charge < -0.3 is 4.42 Å². The minimum absolute atomic E-state index is 0.0221. The first-order valence-corrected chi connectivity index (χ1v) is 12.6. The van der Waals surface area contributed by atoms with Crippen molar-refractivity contribution in [1.82, 2.24) is 4.98 Å². The average Bonchev–Trinajstić information content (AvgIpc) is 3.42. The molecular weight excluding hydrogens is 434 g/mol. The highest BCUT2D eigenvalue weighted by Crippen LogP contribution is 2.42. The van der Waals surface area contributed by atoms with Crippen molar-refractivity contribution in [2.45, 2.75) is 40.0 Å². The summed E-state index contributed by atoms with van der Waals surface area (Å²) in [6.07, 6.45) is 2.06. The van der Waals surface area contributed by atoms with Gasteiger partial charge in [0.1, 0.15) is 5.58 Å². The zero-order valence-corrected chi connectivity index (χ0v) is 21.0. The second-order valence-corrected chi connectivity index (χ2v) is 11.1. The highest BCUT2D eigenvalue weighted by molar-refractivity contribution is 7.18. The lowest BCUT2D eigenvalue weighted by atomic mass is 9.80. The third-order valence-electron chi connectivity index (χ3n) is 6.82. The molecule has 0 saturated carbocycles. The SMILES string of the molecule is Cc1cccc(C)c1-c1cc(-c2cccc3c2oc2c3ccc3ccsc32)ncc1C(C)(C)C. The molecule has 0 N–H and O–H groups in total. The zero-order valence-electron chi connectivity index (χ0n) is 20.2.